The maximum atomic E-state index is 12.1. The first-order valence-electron chi connectivity index (χ1n) is 6.89. The molecule has 21 heavy (non-hydrogen) atoms. The van der Waals surface area contributed by atoms with E-state index in [0.29, 0.717) is 0 Å². The van der Waals surface area contributed by atoms with E-state index in [4.69, 9.17) is 4.74 Å². The number of carbonyl (C=O) groups excluding carboxylic acids is 1. The first kappa shape index (κ1) is 17.6. The average Bonchev–Trinajstić information content (AvgIpc) is 2.46. The molecule has 1 aromatic rings. The van der Waals surface area contributed by atoms with Crippen LogP contribution in [0.25, 0.3) is 0 Å². The summed E-state index contributed by atoms with van der Waals surface area (Å²) in [5.74, 6) is -0.599. The van der Waals surface area contributed by atoms with Crippen molar-refractivity contribution in [2.45, 2.75) is 31.7 Å². The summed E-state index contributed by atoms with van der Waals surface area (Å²) in [4.78, 5) is 11.4. The highest BCUT2D eigenvalue weighted by Crippen LogP contribution is 2.17. The van der Waals surface area contributed by atoms with Crippen LogP contribution >= 0.6 is 0 Å². The summed E-state index contributed by atoms with van der Waals surface area (Å²) in [7, 11) is -3.72. The molecule has 0 aromatic heterocycles. The Hall–Kier alpha value is -1.44. The molecule has 0 aliphatic carbocycles. The van der Waals surface area contributed by atoms with Gasteiger partial charge in [0.2, 0.25) is 10.0 Å². The molecule has 0 spiro atoms. The van der Waals surface area contributed by atoms with Gasteiger partial charge in [0.1, 0.15) is 6.54 Å². The number of nitrogens with one attached hydrogen (secondary N) is 2. The van der Waals surface area contributed by atoms with Crippen LogP contribution in [0.3, 0.4) is 0 Å². The van der Waals surface area contributed by atoms with Crippen LogP contribution < -0.4 is 10.0 Å². The molecule has 0 fully saturated rings. The van der Waals surface area contributed by atoms with Crippen molar-refractivity contribution < 1.29 is 17.9 Å². The van der Waals surface area contributed by atoms with Gasteiger partial charge >= 0.3 is 5.97 Å². The number of hydrogen-bond acceptors (Lipinski definition) is 5. The summed E-state index contributed by atoms with van der Waals surface area (Å²) < 4.78 is 31.2. The highest BCUT2D eigenvalue weighted by atomic mass is 32.2. The summed E-state index contributed by atoms with van der Waals surface area (Å²) >= 11 is 0. The van der Waals surface area contributed by atoms with Crippen molar-refractivity contribution >= 4 is 16.0 Å². The molecule has 0 heterocycles. The van der Waals surface area contributed by atoms with Gasteiger partial charge in [-0.3, -0.25) is 4.79 Å². The maximum absolute atomic E-state index is 12.1. The van der Waals surface area contributed by atoms with Crippen LogP contribution in [0.5, 0.6) is 0 Å². The molecule has 0 aliphatic rings. The van der Waals surface area contributed by atoms with Gasteiger partial charge in [0.25, 0.3) is 0 Å². The summed E-state index contributed by atoms with van der Waals surface area (Å²) in [5, 5.41) is 3.22. The second-order valence-electron chi connectivity index (χ2n) is 4.48. The van der Waals surface area contributed by atoms with E-state index in [9.17, 15) is 13.2 Å². The molecule has 0 saturated carbocycles. The van der Waals surface area contributed by atoms with E-state index < -0.39 is 16.0 Å². The van der Waals surface area contributed by atoms with Crippen molar-refractivity contribution in [2.24, 2.45) is 0 Å². The third-order valence-electron chi connectivity index (χ3n) is 2.89. The van der Waals surface area contributed by atoms with Crippen molar-refractivity contribution in [1.29, 1.82) is 0 Å². The molecule has 1 unspecified atom stereocenters. The smallest absolute Gasteiger partial charge is 0.321 e. The fourth-order valence-corrected chi connectivity index (χ4v) is 2.85. The summed E-state index contributed by atoms with van der Waals surface area (Å²) in [6.07, 6.45) is 0. The molecule has 118 valence electrons. The molecule has 0 radical (unpaired) electrons. The number of esters is 1. The Morgan fingerprint density at radius 3 is 2.67 bits per heavy atom. The maximum Gasteiger partial charge on any atom is 0.321 e. The molecule has 1 rings (SSSR count). The molecular weight excluding hydrogens is 292 g/mol. The third-order valence-corrected chi connectivity index (χ3v) is 4.29. The molecule has 0 amide bonds. The lowest BCUT2D eigenvalue weighted by Crippen LogP contribution is -2.30. The van der Waals surface area contributed by atoms with Gasteiger partial charge in [-0.2, -0.15) is 4.72 Å². The number of hydrogen-bond donors (Lipinski definition) is 2. The lowest BCUT2D eigenvalue weighted by Gasteiger charge is -2.14. The summed E-state index contributed by atoms with van der Waals surface area (Å²) in [6.45, 7) is 6.25. The quantitative estimate of drug-likeness (QED) is 0.704. The minimum absolute atomic E-state index is 0.0511. The number of benzene rings is 1. The van der Waals surface area contributed by atoms with Crippen LogP contribution in [0.15, 0.2) is 29.2 Å². The summed E-state index contributed by atoms with van der Waals surface area (Å²) in [6, 6.07) is 6.69. The molecule has 0 bridgehead atoms. The highest BCUT2D eigenvalue weighted by Gasteiger charge is 2.17. The average molecular weight is 314 g/mol. The molecular formula is C14H22N2O4S. The Bertz CT molecular complexity index is 572. The Morgan fingerprint density at radius 1 is 1.33 bits per heavy atom. The zero-order chi connectivity index (χ0) is 15.9. The SMILES string of the molecule is CCNC(C)c1cccc(S(=O)(=O)NCC(=O)OCC)c1. The van der Waals surface area contributed by atoms with Gasteiger partial charge in [-0.1, -0.05) is 19.1 Å². The standard InChI is InChI=1S/C14H22N2O4S/c1-4-15-11(3)12-7-6-8-13(9-12)21(18,19)16-10-14(17)20-5-2/h6-9,11,15-16H,4-5,10H2,1-3H3. The predicted octanol–water partition coefficient (Wildman–Crippen LogP) is 1.20. The molecule has 0 aliphatic heterocycles. The van der Waals surface area contributed by atoms with Crippen LogP contribution in [0.4, 0.5) is 0 Å². The topological polar surface area (TPSA) is 84.5 Å². The third kappa shape index (κ3) is 5.45. The minimum atomic E-state index is -3.72. The molecule has 2 N–H and O–H groups in total. The highest BCUT2D eigenvalue weighted by molar-refractivity contribution is 7.89. The monoisotopic (exact) mass is 314 g/mol. The minimum Gasteiger partial charge on any atom is -0.465 e. The summed E-state index contributed by atoms with van der Waals surface area (Å²) in [5.41, 5.74) is 0.871. The fraction of sp³-hybridized carbons (Fsp3) is 0.500. The van der Waals surface area contributed by atoms with Crippen molar-refractivity contribution in [3.8, 4) is 0 Å². The molecule has 0 saturated heterocycles. The Balaban J connectivity index is 2.83. The van der Waals surface area contributed by atoms with Crippen molar-refractivity contribution in [2.75, 3.05) is 19.7 Å². The first-order chi connectivity index (χ1) is 9.90. The largest absolute Gasteiger partial charge is 0.465 e. The molecule has 7 heteroatoms. The lowest BCUT2D eigenvalue weighted by atomic mass is 10.1. The second-order valence-corrected chi connectivity index (χ2v) is 6.25. The zero-order valence-corrected chi connectivity index (χ0v) is 13.4. The normalized spacial score (nSPS) is 12.9. The van der Waals surface area contributed by atoms with Crippen LogP contribution in [-0.2, 0) is 19.6 Å². The van der Waals surface area contributed by atoms with Crippen LogP contribution in [0.1, 0.15) is 32.4 Å². The van der Waals surface area contributed by atoms with Gasteiger partial charge in [-0.05, 0) is 38.1 Å². The van der Waals surface area contributed by atoms with Crippen molar-refractivity contribution in [3.05, 3.63) is 29.8 Å². The number of rotatable bonds is 8. The first-order valence-corrected chi connectivity index (χ1v) is 8.37. The fourth-order valence-electron chi connectivity index (χ4n) is 1.82. The van der Waals surface area contributed by atoms with Gasteiger partial charge < -0.3 is 10.1 Å². The van der Waals surface area contributed by atoms with Crippen molar-refractivity contribution in [1.82, 2.24) is 10.0 Å². The van der Waals surface area contributed by atoms with E-state index in [-0.39, 0.29) is 24.1 Å². The molecule has 6 nitrogen and oxygen atoms in total. The van der Waals surface area contributed by atoms with Crippen LogP contribution in [0.2, 0.25) is 0 Å². The number of sulfonamides is 1. The van der Waals surface area contributed by atoms with Crippen LogP contribution in [0, 0.1) is 0 Å². The van der Waals surface area contributed by atoms with Gasteiger partial charge in [0, 0.05) is 6.04 Å². The molecule has 1 aromatic carbocycles. The van der Waals surface area contributed by atoms with Gasteiger partial charge in [0.05, 0.1) is 11.5 Å². The Morgan fingerprint density at radius 2 is 2.05 bits per heavy atom. The zero-order valence-electron chi connectivity index (χ0n) is 12.5. The molecule has 1 atom stereocenters. The van der Waals surface area contributed by atoms with E-state index in [1.807, 2.05) is 19.9 Å². The van der Waals surface area contributed by atoms with Crippen LogP contribution in [-0.4, -0.2) is 34.1 Å². The Kier molecular flexibility index (Phi) is 6.80. The van der Waals surface area contributed by atoms with Gasteiger partial charge in [-0.15, -0.1) is 0 Å². The Labute approximate surface area is 125 Å². The van der Waals surface area contributed by atoms with E-state index in [0.717, 1.165) is 12.1 Å². The number of carbonyl (C=O) groups is 1. The predicted molar refractivity (Wildman–Crippen MR) is 80.4 cm³/mol. The van der Waals surface area contributed by atoms with Crippen molar-refractivity contribution in [3.63, 3.8) is 0 Å². The van der Waals surface area contributed by atoms with Gasteiger partial charge in [0.15, 0.2) is 0 Å². The van der Waals surface area contributed by atoms with Gasteiger partial charge in [-0.25, -0.2) is 8.42 Å². The number of ether oxygens (including phenoxy) is 1. The lowest BCUT2D eigenvalue weighted by molar-refractivity contribution is -0.141. The van der Waals surface area contributed by atoms with E-state index in [1.165, 1.54) is 6.07 Å². The van der Waals surface area contributed by atoms with E-state index in [2.05, 4.69) is 10.0 Å². The second kappa shape index (κ2) is 8.11. The van der Waals surface area contributed by atoms with E-state index in [1.54, 1.807) is 19.1 Å². The van der Waals surface area contributed by atoms with E-state index >= 15 is 0 Å².